The lowest BCUT2D eigenvalue weighted by molar-refractivity contribution is -0.118. The fraction of sp³-hybridized carbons (Fsp3) is 0.263. The van der Waals surface area contributed by atoms with Crippen LogP contribution in [-0.4, -0.2) is 25.4 Å². The Kier molecular flexibility index (Phi) is 4.42. The van der Waals surface area contributed by atoms with E-state index in [1.807, 2.05) is 37.4 Å². The smallest absolute Gasteiger partial charge is 0.251 e. The molecule has 23 heavy (non-hydrogen) atoms. The van der Waals surface area contributed by atoms with Crippen LogP contribution in [0.1, 0.15) is 27.9 Å². The Morgan fingerprint density at radius 3 is 2.70 bits per heavy atom. The van der Waals surface area contributed by atoms with Crippen molar-refractivity contribution in [2.45, 2.75) is 19.3 Å². The Labute approximate surface area is 136 Å². The fourth-order valence-corrected chi connectivity index (χ4v) is 2.88. The van der Waals surface area contributed by atoms with Crippen LogP contribution in [-0.2, 0) is 17.6 Å². The van der Waals surface area contributed by atoms with Crippen molar-refractivity contribution in [1.82, 2.24) is 5.32 Å². The Morgan fingerprint density at radius 1 is 1.13 bits per heavy atom. The highest BCUT2D eigenvalue weighted by Crippen LogP contribution is 2.27. The van der Waals surface area contributed by atoms with Crippen molar-refractivity contribution in [2.75, 3.05) is 18.5 Å². The molecule has 2 amide bonds. The maximum absolute atomic E-state index is 12.0. The third-order valence-electron chi connectivity index (χ3n) is 4.22. The van der Waals surface area contributed by atoms with Gasteiger partial charge in [-0.1, -0.05) is 30.3 Å². The lowest BCUT2D eigenvalue weighted by atomic mass is 9.98. The van der Waals surface area contributed by atoms with Crippen molar-refractivity contribution < 1.29 is 9.59 Å². The predicted molar refractivity (Wildman–Crippen MR) is 90.7 cm³/mol. The average Bonchev–Trinajstić information content (AvgIpc) is 2.59. The number of benzene rings is 2. The summed E-state index contributed by atoms with van der Waals surface area (Å²) in [6.07, 6.45) is 2.14. The molecule has 118 valence electrons. The van der Waals surface area contributed by atoms with E-state index < -0.39 is 0 Å². The Morgan fingerprint density at radius 2 is 1.91 bits per heavy atom. The number of amides is 2. The van der Waals surface area contributed by atoms with E-state index >= 15 is 0 Å². The zero-order chi connectivity index (χ0) is 16.2. The predicted octanol–water partition coefficient (Wildman–Crippen LogP) is 2.57. The van der Waals surface area contributed by atoms with Gasteiger partial charge in [-0.15, -0.1) is 0 Å². The van der Waals surface area contributed by atoms with Crippen molar-refractivity contribution >= 4 is 17.5 Å². The standard InChI is InChI=1S/C19H20N2O2/c1-21-17-9-7-14(13-16(17)8-10-18(21)22)11-12-20-19(23)15-5-3-2-4-6-15/h2-7,9,13H,8,10-12H2,1H3,(H,20,23). The van der Waals surface area contributed by atoms with Crippen LogP contribution in [0.3, 0.4) is 0 Å². The van der Waals surface area contributed by atoms with Crippen molar-refractivity contribution in [3.05, 3.63) is 65.2 Å². The van der Waals surface area contributed by atoms with Gasteiger partial charge in [-0.05, 0) is 42.2 Å². The molecule has 0 saturated heterocycles. The number of nitrogens with zero attached hydrogens (tertiary/aromatic N) is 1. The van der Waals surface area contributed by atoms with E-state index in [1.54, 1.807) is 17.0 Å². The quantitative estimate of drug-likeness (QED) is 0.944. The molecule has 0 saturated carbocycles. The largest absolute Gasteiger partial charge is 0.352 e. The first-order valence-corrected chi connectivity index (χ1v) is 7.87. The maximum Gasteiger partial charge on any atom is 0.251 e. The van der Waals surface area contributed by atoms with Gasteiger partial charge < -0.3 is 10.2 Å². The second-order valence-corrected chi connectivity index (χ2v) is 5.79. The highest BCUT2D eigenvalue weighted by Gasteiger charge is 2.20. The molecule has 0 radical (unpaired) electrons. The molecule has 2 aromatic rings. The second-order valence-electron chi connectivity index (χ2n) is 5.79. The third kappa shape index (κ3) is 3.42. The van der Waals surface area contributed by atoms with E-state index in [0.717, 1.165) is 18.5 Å². The summed E-state index contributed by atoms with van der Waals surface area (Å²) in [5, 5.41) is 2.94. The number of anilines is 1. The minimum absolute atomic E-state index is 0.0473. The van der Waals surface area contributed by atoms with E-state index in [-0.39, 0.29) is 11.8 Å². The van der Waals surface area contributed by atoms with Crippen molar-refractivity contribution in [3.8, 4) is 0 Å². The van der Waals surface area contributed by atoms with Crippen LogP contribution >= 0.6 is 0 Å². The topological polar surface area (TPSA) is 49.4 Å². The minimum atomic E-state index is -0.0473. The van der Waals surface area contributed by atoms with Gasteiger partial charge in [0.05, 0.1) is 0 Å². The number of aryl methyl sites for hydroxylation is 1. The van der Waals surface area contributed by atoms with Crippen molar-refractivity contribution in [1.29, 1.82) is 0 Å². The van der Waals surface area contributed by atoms with Gasteiger partial charge in [0, 0.05) is 31.3 Å². The summed E-state index contributed by atoms with van der Waals surface area (Å²) in [5.41, 5.74) is 4.07. The van der Waals surface area contributed by atoms with Gasteiger partial charge in [-0.3, -0.25) is 9.59 Å². The molecule has 0 atom stereocenters. The Balaban J connectivity index is 1.59. The molecule has 4 nitrogen and oxygen atoms in total. The zero-order valence-electron chi connectivity index (χ0n) is 13.2. The average molecular weight is 308 g/mol. The molecule has 1 heterocycles. The normalized spacial score (nSPS) is 13.6. The summed E-state index contributed by atoms with van der Waals surface area (Å²) in [4.78, 5) is 25.4. The number of nitrogens with one attached hydrogen (secondary N) is 1. The SMILES string of the molecule is CN1C(=O)CCc2cc(CCNC(=O)c3ccccc3)ccc21. The molecule has 1 aliphatic heterocycles. The van der Waals surface area contributed by atoms with Crippen LogP contribution in [0.4, 0.5) is 5.69 Å². The number of hydrogen-bond donors (Lipinski definition) is 1. The molecule has 0 aromatic heterocycles. The van der Waals surface area contributed by atoms with Gasteiger partial charge in [0.25, 0.3) is 5.91 Å². The summed E-state index contributed by atoms with van der Waals surface area (Å²) in [7, 11) is 1.82. The van der Waals surface area contributed by atoms with E-state index in [4.69, 9.17) is 0 Å². The number of fused-ring (bicyclic) bond motifs is 1. The summed E-state index contributed by atoms with van der Waals surface area (Å²) in [6, 6.07) is 15.4. The molecule has 4 heteroatoms. The molecule has 3 rings (SSSR count). The highest BCUT2D eigenvalue weighted by atomic mass is 16.2. The fourth-order valence-electron chi connectivity index (χ4n) is 2.88. The molecule has 0 spiro atoms. The van der Waals surface area contributed by atoms with Crippen molar-refractivity contribution in [3.63, 3.8) is 0 Å². The molecule has 2 aromatic carbocycles. The van der Waals surface area contributed by atoms with Crippen molar-refractivity contribution in [2.24, 2.45) is 0 Å². The van der Waals surface area contributed by atoms with E-state index in [1.165, 1.54) is 11.1 Å². The molecule has 0 unspecified atom stereocenters. The monoisotopic (exact) mass is 308 g/mol. The Hall–Kier alpha value is -2.62. The number of rotatable bonds is 4. The summed E-state index contributed by atoms with van der Waals surface area (Å²) in [6.45, 7) is 0.598. The first-order chi connectivity index (χ1) is 11.1. The van der Waals surface area contributed by atoms with Crippen LogP contribution in [0.25, 0.3) is 0 Å². The first-order valence-electron chi connectivity index (χ1n) is 7.87. The maximum atomic E-state index is 12.0. The lowest BCUT2D eigenvalue weighted by Gasteiger charge is -2.26. The summed E-state index contributed by atoms with van der Waals surface area (Å²) >= 11 is 0. The van der Waals surface area contributed by atoms with Gasteiger partial charge in [0.15, 0.2) is 0 Å². The molecule has 0 bridgehead atoms. The van der Waals surface area contributed by atoms with E-state index in [2.05, 4.69) is 11.4 Å². The van der Waals surface area contributed by atoms with Gasteiger partial charge in [0.2, 0.25) is 5.91 Å². The second kappa shape index (κ2) is 6.65. The number of carbonyl (C=O) groups excluding carboxylic acids is 2. The van der Waals surface area contributed by atoms with Crippen LogP contribution in [0.2, 0.25) is 0 Å². The van der Waals surface area contributed by atoms with E-state index in [9.17, 15) is 9.59 Å². The summed E-state index contributed by atoms with van der Waals surface area (Å²) in [5.74, 6) is 0.120. The van der Waals surface area contributed by atoms with Gasteiger partial charge in [-0.2, -0.15) is 0 Å². The third-order valence-corrected chi connectivity index (χ3v) is 4.22. The first kappa shape index (κ1) is 15.3. The molecular formula is C19H20N2O2. The summed E-state index contributed by atoms with van der Waals surface area (Å²) < 4.78 is 0. The zero-order valence-corrected chi connectivity index (χ0v) is 13.2. The highest BCUT2D eigenvalue weighted by molar-refractivity contribution is 5.96. The van der Waals surface area contributed by atoms with Crippen LogP contribution in [0, 0.1) is 0 Å². The van der Waals surface area contributed by atoms with Crippen LogP contribution in [0.15, 0.2) is 48.5 Å². The van der Waals surface area contributed by atoms with Crippen LogP contribution in [0.5, 0.6) is 0 Å². The lowest BCUT2D eigenvalue weighted by Crippen LogP contribution is -2.31. The van der Waals surface area contributed by atoms with Gasteiger partial charge in [-0.25, -0.2) is 0 Å². The minimum Gasteiger partial charge on any atom is -0.352 e. The molecule has 0 fully saturated rings. The van der Waals surface area contributed by atoms with E-state index in [0.29, 0.717) is 18.5 Å². The molecular weight excluding hydrogens is 288 g/mol. The molecule has 1 N–H and O–H groups in total. The molecule has 0 aliphatic carbocycles. The molecule has 1 aliphatic rings. The Bertz CT molecular complexity index is 725. The van der Waals surface area contributed by atoms with Gasteiger partial charge in [0.1, 0.15) is 0 Å². The number of carbonyl (C=O) groups is 2. The van der Waals surface area contributed by atoms with Gasteiger partial charge >= 0.3 is 0 Å². The number of hydrogen-bond acceptors (Lipinski definition) is 2. The van der Waals surface area contributed by atoms with Crippen LogP contribution < -0.4 is 10.2 Å².